The second-order valence-electron chi connectivity index (χ2n) is 8.68. The van der Waals surface area contributed by atoms with Crippen LogP contribution in [0.1, 0.15) is 70.3 Å². The minimum Gasteiger partial charge on any atom is -0.427 e. The second-order valence-corrected chi connectivity index (χ2v) is 8.68. The first-order valence-electron chi connectivity index (χ1n) is 11.7. The van der Waals surface area contributed by atoms with Gasteiger partial charge in [0.2, 0.25) is 0 Å². The Labute approximate surface area is 184 Å². The van der Waals surface area contributed by atoms with Crippen molar-refractivity contribution in [1.82, 2.24) is 9.38 Å². The van der Waals surface area contributed by atoms with Crippen molar-refractivity contribution in [2.45, 2.75) is 77.7 Å². The minimum absolute atomic E-state index is 0.163. The van der Waals surface area contributed by atoms with E-state index in [4.69, 9.17) is 9.72 Å². The lowest BCUT2D eigenvalue weighted by Gasteiger charge is -2.24. The fraction of sp³-hybridized carbons (Fsp3) is 0.462. The highest BCUT2D eigenvalue weighted by Crippen LogP contribution is 2.32. The van der Waals surface area contributed by atoms with E-state index in [-0.39, 0.29) is 5.97 Å². The Morgan fingerprint density at radius 3 is 2.65 bits per heavy atom. The molecule has 0 unspecified atom stereocenters. The van der Waals surface area contributed by atoms with Crippen LogP contribution in [-0.4, -0.2) is 21.4 Å². The van der Waals surface area contributed by atoms with Crippen molar-refractivity contribution in [3.8, 4) is 17.0 Å². The molecule has 5 heteroatoms. The van der Waals surface area contributed by atoms with Crippen molar-refractivity contribution in [2.24, 2.45) is 0 Å². The molecule has 0 aliphatic heterocycles. The minimum atomic E-state index is -0.163. The number of unbranched alkanes of at least 4 members (excludes halogenated alkanes) is 2. The number of nitrogens with one attached hydrogen (secondary N) is 1. The van der Waals surface area contributed by atoms with Gasteiger partial charge in [-0.25, -0.2) is 4.98 Å². The van der Waals surface area contributed by atoms with Crippen LogP contribution in [0.15, 0.2) is 42.6 Å². The van der Waals surface area contributed by atoms with Crippen LogP contribution in [-0.2, 0) is 4.79 Å². The third-order valence-corrected chi connectivity index (χ3v) is 6.07. The van der Waals surface area contributed by atoms with Crippen LogP contribution in [0.25, 0.3) is 16.9 Å². The molecule has 0 atom stereocenters. The molecular weight excluding hydrogens is 386 g/mol. The number of aryl methyl sites for hydroxylation is 1. The number of benzene rings is 1. The van der Waals surface area contributed by atoms with Gasteiger partial charge in [0.25, 0.3) is 0 Å². The van der Waals surface area contributed by atoms with Crippen LogP contribution in [0.3, 0.4) is 0 Å². The fourth-order valence-corrected chi connectivity index (χ4v) is 4.31. The molecule has 1 aliphatic rings. The molecule has 2 aromatic heterocycles. The van der Waals surface area contributed by atoms with Crippen LogP contribution in [0.2, 0.25) is 0 Å². The summed E-state index contributed by atoms with van der Waals surface area (Å²) >= 11 is 0. The Morgan fingerprint density at radius 2 is 1.90 bits per heavy atom. The molecule has 0 bridgehead atoms. The van der Waals surface area contributed by atoms with Crippen LogP contribution in [0, 0.1) is 6.92 Å². The number of rotatable bonds is 8. The number of ether oxygens (including phenoxy) is 1. The molecule has 4 rings (SSSR count). The Balaban J connectivity index is 1.57. The summed E-state index contributed by atoms with van der Waals surface area (Å²) in [6, 6.07) is 12.4. The third kappa shape index (κ3) is 5.27. The number of esters is 1. The zero-order valence-corrected chi connectivity index (χ0v) is 18.7. The van der Waals surface area contributed by atoms with E-state index < -0.39 is 0 Å². The van der Waals surface area contributed by atoms with E-state index >= 15 is 0 Å². The lowest BCUT2D eigenvalue weighted by Crippen LogP contribution is -2.23. The highest BCUT2D eigenvalue weighted by molar-refractivity contribution is 5.78. The standard InChI is InChI=1S/C26H33N3O2/c1-3-4-6-11-24(30)31-22-14-12-20(13-15-22)25-26(27-21-9-7-5-8-10-21)29-17-16-19(2)18-23(29)28-25/h12-18,21,27H,3-11H2,1-2H3. The molecule has 0 spiro atoms. The highest BCUT2D eigenvalue weighted by Gasteiger charge is 2.20. The molecule has 0 amide bonds. The molecule has 1 saturated carbocycles. The number of anilines is 1. The number of aromatic nitrogens is 2. The van der Waals surface area contributed by atoms with E-state index in [0.717, 1.165) is 42.0 Å². The van der Waals surface area contributed by atoms with Crippen LogP contribution in [0.4, 0.5) is 5.82 Å². The first-order valence-corrected chi connectivity index (χ1v) is 11.7. The fourth-order valence-electron chi connectivity index (χ4n) is 4.31. The summed E-state index contributed by atoms with van der Waals surface area (Å²) in [7, 11) is 0. The average molecular weight is 420 g/mol. The normalized spacial score (nSPS) is 14.6. The summed E-state index contributed by atoms with van der Waals surface area (Å²) in [4.78, 5) is 17.0. The molecule has 2 heterocycles. The molecule has 1 aliphatic carbocycles. The maximum Gasteiger partial charge on any atom is 0.311 e. The van der Waals surface area contributed by atoms with Gasteiger partial charge in [0, 0.05) is 24.2 Å². The van der Waals surface area contributed by atoms with E-state index in [0.29, 0.717) is 18.2 Å². The van der Waals surface area contributed by atoms with Gasteiger partial charge < -0.3 is 10.1 Å². The van der Waals surface area contributed by atoms with Gasteiger partial charge in [-0.05, 0) is 68.1 Å². The first-order chi connectivity index (χ1) is 15.1. The van der Waals surface area contributed by atoms with E-state index in [1.807, 2.05) is 24.3 Å². The highest BCUT2D eigenvalue weighted by atomic mass is 16.5. The topological polar surface area (TPSA) is 55.6 Å². The van der Waals surface area contributed by atoms with Crippen molar-refractivity contribution < 1.29 is 9.53 Å². The molecule has 0 radical (unpaired) electrons. The summed E-state index contributed by atoms with van der Waals surface area (Å²) < 4.78 is 7.65. The maximum atomic E-state index is 12.0. The van der Waals surface area contributed by atoms with Crippen LogP contribution in [0.5, 0.6) is 5.75 Å². The second kappa shape index (κ2) is 9.99. The number of nitrogens with zero attached hydrogens (tertiary/aromatic N) is 2. The number of hydrogen-bond donors (Lipinski definition) is 1. The lowest BCUT2D eigenvalue weighted by atomic mass is 9.95. The van der Waals surface area contributed by atoms with E-state index in [1.54, 1.807) is 0 Å². The molecule has 31 heavy (non-hydrogen) atoms. The van der Waals surface area contributed by atoms with Gasteiger partial charge in [-0.2, -0.15) is 0 Å². The summed E-state index contributed by atoms with van der Waals surface area (Å²) in [6.07, 6.45) is 11.9. The predicted molar refractivity (Wildman–Crippen MR) is 126 cm³/mol. The van der Waals surface area contributed by atoms with E-state index in [9.17, 15) is 4.79 Å². The summed E-state index contributed by atoms with van der Waals surface area (Å²) in [6.45, 7) is 4.22. The van der Waals surface area contributed by atoms with Crippen molar-refractivity contribution in [3.63, 3.8) is 0 Å². The molecule has 0 saturated heterocycles. The van der Waals surface area contributed by atoms with Gasteiger partial charge in [0.1, 0.15) is 22.9 Å². The van der Waals surface area contributed by atoms with Gasteiger partial charge in [0.15, 0.2) is 0 Å². The molecule has 1 aromatic carbocycles. The molecular formula is C26H33N3O2. The van der Waals surface area contributed by atoms with E-state index in [2.05, 4.69) is 41.9 Å². The van der Waals surface area contributed by atoms with Gasteiger partial charge in [-0.1, -0.05) is 39.0 Å². The molecule has 3 aromatic rings. The monoisotopic (exact) mass is 419 g/mol. The Bertz CT molecular complexity index is 1020. The molecule has 1 N–H and O–H groups in total. The summed E-state index contributed by atoms with van der Waals surface area (Å²) in [5.41, 5.74) is 4.10. The first kappa shape index (κ1) is 21.4. The SMILES string of the molecule is CCCCCC(=O)Oc1ccc(-c2nc3cc(C)ccn3c2NC2CCCCC2)cc1. The molecule has 1 fully saturated rings. The van der Waals surface area contributed by atoms with Crippen molar-refractivity contribution in [1.29, 1.82) is 0 Å². The zero-order chi connectivity index (χ0) is 21.6. The smallest absolute Gasteiger partial charge is 0.311 e. The predicted octanol–water partition coefficient (Wildman–Crippen LogP) is 6.54. The van der Waals surface area contributed by atoms with Crippen LogP contribution >= 0.6 is 0 Å². The van der Waals surface area contributed by atoms with Crippen molar-refractivity contribution >= 4 is 17.4 Å². The van der Waals surface area contributed by atoms with E-state index in [1.165, 1.54) is 37.7 Å². The maximum absolute atomic E-state index is 12.0. The quantitative estimate of drug-likeness (QED) is 0.256. The zero-order valence-electron chi connectivity index (χ0n) is 18.7. The van der Waals surface area contributed by atoms with Gasteiger partial charge in [-0.3, -0.25) is 9.20 Å². The summed E-state index contributed by atoms with van der Waals surface area (Å²) in [5.74, 6) is 1.47. The van der Waals surface area contributed by atoms with Gasteiger partial charge in [-0.15, -0.1) is 0 Å². The average Bonchev–Trinajstić information content (AvgIpc) is 3.12. The number of carbonyl (C=O) groups excluding carboxylic acids is 1. The lowest BCUT2D eigenvalue weighted by molar-refractivity contribution is -0.134. The number of carbonyl (C=O) groups is 1. The third-order valence-electron chi connectivity index (χ3n) is 6.07. The van der Waals surface area contributed by atoms with Crippen molar-refractivity contribution in [3.05, 3.63) is 48.2 Å². The number of imidazole rings is 1. The Kier molecular flexibility index (Phi) is 6.90. The Hall–Kier alpha value is -2.82. The van der Waals surface area contributed by atoms with Crippen LogP contribution < -0.4 is 10.1 Å². The molecule has 164 valence electrons. The number of fused-ring (bicyclic) bond motifs is 1. The Morgan fingerprint density at radius 1 is 1.13 bits per heavy atom. The molecule has 5 nitrogen and oxygen atoms in total. The largest absolute Gasteiger partial charge is 0.427 e. The number of pyridine rings is 1. The van der Waals surface area contributed by atoms with Gasteiger partial charge in [0.05, 0.1) is 0 Å². The van der Waals surface area contributed by atoms with Crippen molar-refractivity contribution in [2.75, 3.05) is 5.32 Å². The summed E-state index contributed by atoms with van der Waals surface area (Å²) in [5, 5.41) is 3.78. The number of hydrogen-bond acceptors (Lipinski definition) is 4. The van der Waals surface area contributed by atoms with Gasteiger partial charge >= 0.3 is 5.97 Å².